The molecule has 0 fully saturated rings. The van der Waals surface area contributed by atoms with Gasteiger partial charge in [-0.05, 0) is 6.07 Å². The maximum atomic E-state index is 10.9. The van der Waals surface area contributed by atoms with Crippen molar-refractivity contribution in [3.8, 4) is 0 Å². The van der Waals surface area contributed by atoms with Crippen LogP contribution in [0.1, 0.15) is 10.4 Å². The van der Waals surface area contributed by atoms with E-state index in [1.807, 2.05) is 0 Å². The molecular weight excluding hydrogens is 212 g/mol. The number of aromatic carboxylic acids is 1. The standard InChI is InChI=1S/C10H10N2O4/c1-2-5-11-9-4-3-7(12(15)16)6-8(9)10(13)14/h2-4,6,11H,1,5H2,(H,13,14). The molecule has 0 aromatic heterocycles. The number of nitrogens with zero attached hydrogens (tertiary/aromatic N) is 1. The maximum absolute atomic E-state index is 10.9. The van der Waals surface area contributed by atoms with Crippen LogP contribution in [0.4, 0.5) is 11.4 Å². The highest BCUT2D eigenvalue weighted by Crippen LogP contribution is 2.21. The Labute approximate surface area is 91.4 Å². The Morgan fingerprint density at radius 1 is 1.62 bits per heavy atom. The molecule has 0 saturated heterocycles. The minimum atomic E-state index is -1.21. The van der Waals surface area contributed by atoms with Crippen LogP contribution < -0.4 is 5.32 Å². The topological polar surface area (TPSA) is 92.5 Å². The van der Waals surface area contributed by atoms with Crippen molar-refractivity contribution >= 4 is 17.3 Å². The molecule has 0 saturated carbocycles. The first-order valence-electron chi connectivity index (χ1n) is 4.42. The average Bonchev–Trinajstić information content (AvgIpc) is 2.25. The van der Waals surface area contributed by atoms with Gasteiger partial charge in [-0.1, -0.05) is 6.08 Å². The summed E-state index contributed by atoms with van der Waals surface area (Å²) >= 11 is 0. The van der Waals surface area contributed by atoms with E-state index in [1.54, 1.807) is 6.08 Å². The number of hydrogen-bond donors (Lipinski definition) is 2. The summed E-state index contributed by atoms with van der Waals surface area (Å²) in [4.78, 5) is 20.7. The Kier molecular flexibility index (Phi) is 3.60. The lowest BCUT2D eigenvalue weighted by molar-refractivity contribution is -0.384. The predicted molar refractivity (Wildman–Crippen MR) is 58.7 cm³/mol. The molecule has 0 atom stereocenters. The highest BCUT2D eigenvalue weighted by molar-refractivity contribution is 5.95. The Hall–Kier alpha value is -2.37. The van der Waals surface area contributed by atoms with Gasteiger partial charge in [-0.3, -0.25) is 10.1 Å². The van der Waals surface area contributed by atoms with Crippen LogP contribution in [0.5, 0.6) is 0 Å². The molecule has 1 rings (SSSR count). The summed E-state index contributed by atoms with van der Waals surface area (Å²) in [5.41, 5.74) is -0.0457. The van der Waals surface area contributed by atoms with Crippen molar-refractivity contribution < 1.29 is 14.8 Å². The van der Waals surface area contributed by atoms with Crippen LogP contribution in [0.15, 0.2) is 30.9 Å². The largest absolute Gasteiger partial charge is 0.478 e. The van der Waals surface area contributed by atoms with Crippen LogP contribution in [-0.2, 0) is 0 Å². The van der Waals surface area contributed by atoms with Crippen LogP contribution in [0.3, 0.4) is 0 Å². The van der Waals surface area contributed by atoms with Crippen LogP contribution in [0.2, 0.25) is 0 Å². The second kappa shape index (κ2) is 4.92. The van der Waals surface area contributed by atoms with E-state index in [2.05, 4.69) is 11.9 Å². The average molecular weight is 222 g/mol. The van der Waals surface area contributed by atoms with Gasteiger partial charge in [0, 0.05) is 24.4 Å². The molecule has 0 heterocycles. The zero-order chi connectivity index (χ0) is 12.1. The minimum Gasteiger partial charge on any atom is -0.478 e. The number of rotatable bonds is 5. The van der Waals surface area contributed by atoms with Crippen LogP contribution in [0.25, 0.3) is 0 Å². The molecule has 6 heteroatoms. The molecule has 2 N–H and O–H groups in total. The number of carbonyl (C=O) groups is 1. The van der Waals surface area contributed by atoms with Crippen molar-refractivity contribution in [1.82, 2.24) is 0 Å². The van der Waals surface area contributed by atoms with E-state index in [-0.39, 0.29) is 11.3 Å². The summed E-state index contributed by atoms with van der Waals surface area (Å²) in [6.45, 7) is 3.86. The molecule has 0 unspecified atom stereocenters. The molecule has 16 heavy (non-hydrogen) atoms. The van der Waals surface area contributed by atoms with E-state index in [0.29, 0.717) is 12.2 Å². The zero-order valence-electron chi connectivity index (χ0n) is 8.34. The van der Waals surface area contributed by atoms with Crippen molar-refractivity contribution in [2.75, 3.05) is 11.9 Å². The molecule has 0 spiro atoms. The van der Waals surface area contributed by atoms with Gasteiger partial charge in [0.2, 0.25) is 0 Å². The monoisotopic (exact) mass is 222 g/mol. The third-order valence-electron chi connectivity index (χ3n) is 1.88. The number of carboxylic acids is 1. The summed E-state index contributed by atoms with van der Waals surface area (Å²) < 4.78 is 0. The molecule has 6 nitrogen and oxygen atoms in total. The van der Waals surface area contributed by atoms with Gasteiger partial charge in [0.1, 0.15) is 0 Å². The third-order valence-corrected chi connectivity index (χ3v) is 1.88. The molecule has 0 aliphatic heterocycles. The van der Waals surface area contributed by atoms with Gasteiger partial charge < -0.3 is 10.4 Å². The summed E-state index contributed by atoms with van der Waals surface area (Å²) in [6, 6.07) is 3.64. The van der Waals surface area contributed by atoms with Crippen molar-refractivity contribution in [1.29, 1.82) is 0 Å². The number of anilines is 1. The number of benzene rings is 1. The number of non-ortho nitro benzene ring substituents is 1. The Morgan fingerprint density at radius 3 is 2.81 bits per heavy atom. The number of nitro groups is 1. The smallest absolute Gasteiger partial charge is 0.338 e. The molecule has 1 aromatic carbocycles. The van der Waals surface area contributed by atoms with Gasteiger partial charge >= 0.3 is 5.97 Å². The van der Waals surface area contributed by atoms with Gasteiger partial charge in [0.25, 0.3) is 5.69 Å². The Morgan fingerprint density at radius 2 is 2.31 bits per heavy atom. The molecule has 0 aliphatic carbocycles. The van der Waals surface area contributed by atoms with Crippen LogP contribution in [0, 0.1) is 10.1 Å². The van der Waals surface area contributed by atoms with Crippen LogP contribution >= 0.6 is 0 Å². The molecule has 0 bridgehead atoms. The van der Waals surface area contributed by atoms with E-state index in [0.717, 1.165) is 6.07 Å². The zero-order valence-corrected chi connectivity index (χ0v) is 8.34. The highest BCUT2D eigenvalue weighted by Gasteiger charge is 2.15. The van der Waals surface area contributed by atoms with Gasteiger partial charge in [-0.25, -0.2) is 4.79 Å². The number of carboxylic acid groups (broad SMARTS) is 1. The van der Waals surface area contributed by atoms with E-state index in [4.69, 9.17) is 5.11 Å². The quantitative estimate of drug-likeness (QED) is 0.451. The first kappa shape index (κ1) is 11.7. The maximum Gasteiger partial charge on any atom is 0.338 e. The normalized spacial score (nSPS) is 9.50. The van der Waals surface area contributed by atoms with Gasteiger partial charge in [-0.2, -0.15) is 0 Å². The lowest BCUT2D eigenvalue weighted by Crippen LogP contribution is -2.06. The fourth-order valence-corrected chi connectivity index (χ4v) is 1.16. The fraction of sp³-hybridized carbons (Fsp3) is 0.100. The van der Waals surface area contributed by atoms with Gasteiger partial charge in [0.05, 0.1) is 10.5 Å². The Bertz CT molecular complexity index is 442. The molecule has 0 amide bonds. The van der Waals surface area contributed by atoms with E-state index in [1.165, 1.54) is 12.1 Å². The second-order valence-electron chi connectivity index (χ2n) is 2.96. The number of nitrogens with one attached hydrogen (secondary N) is 1. The SMILES string of the molecule is C=CCNc1ccc([N+](=O)[O-])cc1C(=O)O. The predicted octanol–water partition coefficient (Wildman–Crippen LogP) is 1.89. The van der Waals surface area contributed by atoms with E-state index < -0.39 is 10.9 Å². The summed E-state index contributed by atoms with van der Waals surface area (Å²) in [5, 5.41) is 22.1. The molecule has 84 valence electrons. The Balaban J connectivity index is 3.13. The third kappa shape index (κ3) is 2.57. The number of hydrogen-bond acceptors (Lipinski definition) is 4. The van der Waals surface area contributed by atoms with Gasteiger partial charge in [-0.15, -0.1) is 6.58 Å². The van der Waals surface area contributed by atoms with E-state index in [9.17, 15) is 14.9 Å². The van der Waals surface area contributed by atoms with Gasteiger partial charge in [0.15, 0.2) is 0 Å². The summed E-state index contributed by atoms with van der Waals surface area (Å²) in [6.07, 6.45) is 1.56. The molecule has 0 radical (unpaired) electrons. The first-order chi connectivity index (χ1) is 7.56. The lowest BCUT2D eigenvalue weighted by Gasteiger charge is -2.06. The molecule has 1 aromatic rings. The van der Waals surface area contributed by atoms with Crippen molar-refractivity contribution in [3.63, 3.8) is 0 Å². The summed E-state index contributed by atoms with van der Waals surface area (Å²) in [7, 11) is 0. The van der Waals surface area contributed by atoms with Crippen molar-refractivity contribution in [2.24, 2.45) is 0 Å². The molecular formula is C10H10N2O4. The highest BCUT2D eigenvalue weighted by atomic mass is 16.6. The van der Waals surface area contributed by atoms with Crippen molar-refractivity contribution in [3.05, 3.63) is 46.5 Å². The lowest BCUT2D eigenvalue weighted by atomic mass is 10.1. The minimum absolute atomic E-state index is 0.129. The van der Waals surface area contributed by atoms with Crippen molar-refractivity contribution in [2.45, 2.75) is 0 Å². The fourth-order valence-electron chi connectivity index (χ4n) is 1.16. The molecule has 0 aliphatic rings. The summed E-state index contributed by atoms with van der Waals surface area (Å²) in [5.74, 6) is -1.21. The van der Waals surface area contributed by atoms with Crippen LogP contribution in [-0.4, -0.2) is 22.5 Å². The first-order valence-corrected chi connectivity index (χ1v) is 4.42. The second-order valence-corrected chi connectivity index (χ2v) is 2.96. The number of nitro benzene ring substituents is 1. The van der Waals surface area contributed by atoms with E-state index >= 15 is 0 Å².